The minimum absolute atomic E-state index is 0.660. The quantitative estimate of drug-likeness (QED) is 0.730. The number of anilines is 1. The van der Waals surface area contributed by atoms with Gasteiger partial charge in [-0.15, -0.1) is 0 Å². The third-order valence-electron chi connectivity index (χ3n) is 2.66. The van der Waals surface area contributed by atoms with Crippen LogP contribution in [-0.4, -0.2) is 12.0 Å². The summed E-state index contributed by atoms with van der Waals surface area (Å²) in [5.41, 5.74) is 3.08. The third-order valence-corrected chi connectivity index (χ3v) is 2.66. The fourth-order valence-corrected chi connectivity index (χ4v) is 1.91. The van der Waals surface area contributed by atoms with Crippen molar-refractivity contribution in [2.75, 3.05) is 12.4 Å². The van der Waals surface area contributed by atoms with Crippen LogP contribution in [-0.2, 0) is 12.8 Å². The van der Waals surface area contributed by atoms with Gasteiger partial charge in [-0.25, -0.2) is 4.98 Å². The van der Waals surface area contributed by atoms with E-state index in [1.807, 2.05) is 6.07 Å². The van der Waals surface area contributed by atoms with Gasteiger partial charge < -0.3 is 5.32 Å². The highest BCUT2D eigenvalue weighted by Gasteiger charge is 2.13. The summed E-state index contributed by atoms with van der Waals surface area (Å²) >= 11 is 0. The summed E-state index contributed by atoms with van der Waals surface area (Å²) < 4.78 is 0. The molecule has 0 spiro atoms. The fourth-order valence-electron chi connectivity index (χ4n) is 1.91. The highest BCUT2D eigenvalue weighted by atomic mass is 15.0. The zero-order valence-electron chi connectivity index (χ0n) is 8.30. The van der Waals surface area contributed by atoms with E-state index in [1.54, 1.807) is 7.05 Å². The standard InChI is InChI=1S/C11H13N3/c1-13-11-9(7-12)6-8-4-2-3-5-10(8)14-11/h6H,2-5H2,1H3,(H,13,14). The van der Waals surface area contributed by atoms with Crippen LogP contribution in [0.25, 0.3) is 0 Å². The molecule has 0 radical (unpaired) electrons. The zero-order chi connectivity index (χ0) is 9.97. The topological polar surface area (TPSA) is 48.7 Å². The molecule has 0 fully saturated rings. The van der Waals surface area contributed by atoms with Crippen molar-refractivity contribution in [3.63, 3.8) is 0 Å². The van der Waals surface area contributed by atoms with Gasteiger partial charge in [0.05, 0.1) is 5.56 Å². The van der Waals surface area contributed by atoms with E-state index < -0.39 is 0 Å². The van der Waals surface area contributed by atoms with Crippen LogP contribution >= 0.6 is 0 Å². The molecule has 0 bridgehead atoms. The SMILES string of the molecule is CNc1nc2c(cc1C#N)CCCC2. The molecule has 0 amide bonds. The van der Waals surface area contributed by atoms with Crippen molar-refractivity contribution in [2.45, 2.75) is 25.7 Å². The van der Waals surface area contributed by atoms with Gasteiger partial charge in [0.2, 0.25) is 0 Å². The normalized spacial score (nSPS) is 14.3. The van der Waals surface area contributed by atoms with Crippen molar-refractivity contribution >= 4 is 5.82 Å². The van der Waals surface area contributed by atoms with Gasteiger partial charge in [0.25, 0.3) is 0 Å². The molecule has 0 saturated heterocycles. The Morgan fingerprint density at radius 2 is 2.21 bits per heavy atom. The van der Waals surface area contributed by atoms with Crippen molar-refractivity contribution in [3.05, 3.63) is 22.9 Å². The lowest BCUT2D eigenvalue weighted by Crippen LogP contribution is -2.08. The van der Waals surface area contributed by atoms with E-state index in [1.165, 1.54) is 24.1 Å². The van der Waals surface area contributed by atoms with Gasteiger partial charge in [-0.2, -0.15) is 5.26 Å². The molecule has 0 aliphatic heterocycles. The molecule has 0 unspecified atom stereocenters. The third kappa shape index (κ3) is 1.44. The fraction of sp³-hybridized carbons (Fsp3) is 0.455. The molecule has 14 heavy (non-hydrogen) atoms. The number of rotatable bonds is 1. The van der Waals surface area contributed by atoms with Gasteiger partial charge in [-0.3, -0.25) is 0 Å². The summed E-state index contributed by atoms with van der Waals surface area (Å²) in [6.45, 7) is 0. The first kappa shape index (κ1) is 9.01. The molecular formula is C11H13N3. The van der Waals surface area contributed by atoms with E-state index in [2.05, 4.69) is 16.4 Å². The lowest BCUT2D eigenvalue weighted by molar-refractivity contribution is 0.668. The molecule has 0 atom stereocenters. The van der Waals surface area contributed by atoms with Gasteiger partial charge in [0, 0.05) is 12.7 Å². The maximum absolute atomic E-state index is 8.92. The highest BCUT2D eigenvalue weighted by Crippen LogP contribution is 2.23. The van der Waals surface area contributed by atoms with Gasteiger partial charge in [0.1, 0.15) is 11.9 Å². The number of nitriles is 1. The van der Waals surface area contributed by atoms with Crippen molar-refractivity contribution < 1.29 is 0 Å². The van der Waals surface area contributed by atoms with Crippen LogP contribution < -0.4 is 5.32 Å². The summed E-state index contributed by atoms with van der Waals surface area (Å²) in [7, 11) is 1.80. The first-order valence-electron chi connectivity index (χ1n) is 4.96. The Balaban J connectivity index is 2.50. The molecule has 3 nitrogen and oxygen atoms in total. The van der Waals surface area contributed by atoms with Crippen LogP contribution in [0.4, 0.5) is 5.82 Å². The molecule has 1 N–H and O–H groups in total. The predicted octanol–water partition coefficient (Wildman–Crippen LogP) is 1.87. The molecule has 0 aromatic carbocycles. The van der Waals surface area contributed by atoms with Crippen LogP contribution in [0.1, 0.15) is 29.7 Å². The van der Waals surface area contributed by atoms with Crippen LogP contribution in [0.3, 0.4) is 0 Å². The lowest BCUT2D eigenvalue weighted by atomic mass is 9.95. The molecule has 0 saturated carbocycles. The van der Waals surface area contributed by atoms with Crippen LogP contribution in [0.15, 0.2) is 6.07 Å². The summed E-state index contributed by atoms with van der Waals surface area (Å²) in [4.78, 5) is 4.47. The molecule has 2 rings (SSSR count). The number of hydrogen-bond donors (Lipinski definition) is 1. The number of fused-ring (bicyclic) bond motifs is 1. The number of pyridine rings is 1. The second kappa shape index (κ2) is 3.67. The Kier molecular flexibility index (Phi) is 2.36. The highest BCUT2D eigenvalue weighted by molar-refractivity contribution is 5.54. The van der Waals surface area contributed by atoms with E-state index in [0.717, 1.165) is 12.8 Å². The van der Waals surface area contributed by atoms with Gasteiger partial charge >= 0.3 is 0 Å². The number of nitrogens with zero attached hydrogens (tertiary/aromatic N) is 2. The van der Waals surface area contributed by atoms with Crippen molar-refractivity contribution in [1.82, 2.24) is 4.98 Å². The lowest BCUT2D eigenvalue weighted by Gasteiger charge is -2.16. The largest absolute Gasteiger partial charge is 0.372 e. The van der Waals surface area contributed by atoms with E-state index in [-0.39, 0.29) is 0 Å². The monoisotopic (exact) mass is 187 g/mol. The summed E-state index contributed by atoms with van der Waals surface area (Å²) in [6.07, 6.45) is 4.56. The molecule has 1 aliphatic rings. The smallest absolute Gasteiger partial charge is 0.143 e. The Bertz CT molecular complexity index is 390. The number of nitrogens with one attached hydrogen (secondary N) is 1. The minimum atomic E-state index is 0.660. The molecular weight excluding hydrogens is 174 g/mol. The number of aryl methyl sites for hydroxylation is 2. The molecule has 1 heterocycles. The number of aromatic nitrogens is 1. The first-order chi connectivity index (χ1) is 6.85. The summed E-state index contributed by atoms with van der Waals surface area (Å²) in [5.74, 6) is 0.716. The van der Waals surface area contributed by atoms with Crippen LogP contribution in [0.5, 0.6) is 0 Å². The van der Waals surface area contributed by atoms with Gasteiger partial charge in [-0.1, -0.05) is 0 Å². The Morgan fingerprint density at radius 1 is 1.43 bits per heavy atom. The van der Waals surface area contributed by atoms with Crippen molar-refractivity contribution in [1.29, 1.82) is 5.26 Å². The van der Waals surface area contributed by atoms with E-state index in [0.29, 0.717) is 11.4 Å². The minimum Gasteiger partial charge on any atom is -0.372 e. The predicted molar refractivity (Wildman–Crippen MR) is 55.1 cm³/mol. The van der Waals surface area contributed by atoms with Crippen LogP contribution in [0.2, 0.25) is 0 Å². The van der Waals surface area contributed by atoms with E-state index in [4.69, 9.17) is 5.26 Å². The van der Waals surface area contributed by atoms with Gasteiger partial charge in [0.15, 0.2) is 0 Å². The molecule has 1 aromatic heterocycles. The average molecular weight is 187 g/mol. The Morgan fingerprint density at radius 3 is 2.93 bits per heavy atom. The van der Waals surface area contributed by atoms with Crippen molar-refractivity contribution in [2.24, 2.45) is 0 Å². The second-order valence-corrected chi connectivity index (χ2v) is 3.56. The summed E-state index contributed by atoms with van der Waals surface area (Å²) in [6, 6.07) is 4.15. The Labute approximate surface area is 83.8 Å². The van der Waals surface area contributed by atoms with Crippen molar-refractivity contribution in [3.8, 4) is 6.07 Å². The number of hydrogen-bond acceptors (Lipinski definition) is 3. The molecule has 3 heteroatoms. The van der Waals surface area contributed by atoms with E-state index >= 15 is 0 Å². The zero-order valence-corrected chi connectivity index (χ0v) is 8.30. The maximum atomic E-state index is 8.92. The summed E-state index contributed by atoms with van der Waals surface area (Å²) in [5, 5.41) is 11.9. The maximum Gasteiger partial charge on any atom is 0.143 e. The van der Waals surface area contributed by atoms with Crippen LogP contribution in [0, 0.1) is 11.3 Å². The Hall–Kier alpha value is -1.56. The first-order valence-corrected chi connectivity index (χ1v) is 4.96. The average Bonchev–Trinajstić information content (AvgIpc) is 2.27. The van der Waals surface area contributed by atoms with Gasteiger partial charge in [-0.05, 0) is 37.3 Å². The van der Waals surface area contributed by atoms with E-state index in [9.17, 15) is 0 Å². The second-order valence-electron chi connectivity index (χ2n) is 3.56. The molecule has 1 aliphatic carbocycles. The molecule has 1 aromatic rings. The molecule has 72 valence electrons.